The predicted octanol–water partition coefficient (Wildman–Crippen LogP) is 3.34. The van der Waals surface area contributed by atoms with Gasteiger partial charge in [0, 0.05) is 29.8 Å². The van der Waals surface area contributed by atoms with Crippen LogP contribution in [-0.2, 0) is 4.79 Å². The molecule has 3 rings (SSSR count). The second-order valence-electron chi connectivity index (χ2n) is 6.57. The third-order valence-electron chi connectivity index (χ3n) is 4.85. The number of fused-ring (bicyclic) bond motifs is 1. The first kappa shape index (κ1) is 17.1. The van der Waals surface area contributed by atoms with Gasteiger partial charge < -0.3 is 15.2 Å². The standard InChI is InChI=1S/C19H22ClNO3/c20-16-3-4-17-15(11-16)10-14(12-24-17)2-5-18(23)21-13-19(8-9-22)6-1-7-19/h2-5,10-11,22H,1,6-9,12-13H2,(H,21,23)/b5-2+. The molecule has 1 aliphatic heterocycles. The van der Waals surface area contributed by atoms with Crippen molar-refractivity contribution in [3.8, 4) is 5.75 Å². The van der Waals surface area contributed by atoms with Gasteiger partial charge in [0.2, 0.25) is 5.91 Å². The van der Waals surface area contributed by atoms with Crippen LogP contribution >= 0.6 is 11.6 Å². The van der Waals surface area contributed by atoms with Gasteiger partial charge in [-0.25, -0.2) is 0 Å². The van der Waals surface area contributed by atoms with E-state index in [9.17, 15) is 4.79 Å². The van der Waals surface area contributed by atoms with E-state index in [0.717, 1.165) is 36.1 Å². The van der Waals surface area contributed by atoms with E-state index in [2.05, 4.69) is 5.32 Å². The molecule has 0 saturated heterocycles. The van der Waals surface area contributed by atoms with Crippen molar-refractivity contribution in [1.82, 2.24) is 5.32 Å². The number of aliphatic hydroxyl groups is 1. The summed E-state index contributed by atoms with van der Waals surface area (Å²) >= 11 is 6.00. The Labute approximate surface area is 147 Å². The molecule has 1 heterocycles. The first-order chi connectivity index (χ1) is 11.6. The molecule has 1 aromatic carbocycles. The van der Waals surface area contributed by atoms with Crippen molar-refractivity contribution < 1.29 is 14.6 Å². The fraction of sp³-hybridized carbons (Fsp3) is 0.421. The molecular weight excluding hydrogens is 326 g/mol. The molecule has 0 spiro atoms. The first-order valence-corrected chi connectivity index (χ1v) is 8.68. The summed E-state index contributed by atoms with van der Waals surface area (Å²) in [5, 5.41) is 12.8. The van der Waals surface area contributed by atoms with Gasteiger partial charge >= 0.3 is 0 Å². The SMILES string of the molecule is O=C(/C=C/C1=Cc2cc(Cl)ccc2OC1)NCC1(CCO)CCC1. The zero-order valence-electron chi connectivity index (χ0n) is 13.6. The number of amides is 1. The number of hydrogen-bond donors (Lipinski definition) is 2. The molecule has 0 radical (unpaired) electrons. The van der Waals surface area contributed by atoms with Crippen molar-refractivity contribution in [3.63, 3.8) is 0 Å². The zero-order valence-corrected chi connectivity index (χ0v) is 14.3. The Balaban J connectivity index is 1.56. The van der Waals surface area contributed by atoms with E-state index < -0.39 is 0 Å². The molecule has 0 bridgehead atoms. The Morgan fingerprint density at radius 3 is 2.96 bits per heavy atom. The van der Waals surface area contributed by atoms with Crippen LogP contribution in [0.25, 0.3) is 6.08 Å². The summed E-state index contributed by atoms with van der Waals surface area (Å²) < 4.78 is 5.66. The van der Waals surface area contributed by atoms with Crippen LogP contribution in [0.4, 0.5) is 0 Å². The molecule has 128 valence electrons. The van der Waals surface area contributed by atoms with Gasteiger partial charge in [-0.1, -0.05) is 24.1 Å². The van der Waals surface area contributed by atoms with Crippen LogP contribution in [0.3, 0.4) is 0 Å². The molecule has 4 nitrogen and oxygen atoms in total. The van der Waals surface area contributed by atoms with Crippen LogP contribution < -0.4 is 10.1 Å². The molecule has 2 N–H and O–H groups in total. The lowest BCUT2D eigenvalue weighted by Gasteiger charge is -2.41. The summed E-state index contributed by atoms with van der Waals surface area (Å²) in [5.41, 5.74) is 1.94. The molecule has 1 aliphatic carbocycles. The molecule has 1 aromatic rings. The summed E-state index contributed by atoms with van der Waals surface area (Å²) in [5.74, 6) is 0.689. The Morgan fingerprint density at radius 1 is 1.42 bits per heavy atom. The van der Waals surface area contributed by atoms with Gasteiger partial charge in [0.25, 0.3) is 0 Å². The monoisotopic (exact) mass is 347 g/mol. The quantitative estimate of drug-likeness (QED) is 0.776. The molecule has 2 aliphatic rings. The van der Waals surface area contributed by atoms with Crippen LogP contribution in [0.5, 0.6) is 5.75 Å². The number of hydrogen-bond acceptors (Lipinski definition) is 3. The van der Waals surface area contributed by atoms with E-state index in [1.165, 1.54) is 12.5 Å². The molecule has 0 aromatic heterocycles. The van der Waals surface area contributed by atoms with Gasteiger partial charge in [0.1, 0.15) is 12.4 Å². The second kappa shape index (κ2) is 7.41. The van der Waals surface area contributed by atoms with E-state index in [-0.39, 0.29) is 17.9 Å². The Bertz CT molecular complexity index is 677. The third kappa shape index (κ3) is 4.00. The van der Waals surface area contributed by atoms with Crippen molar-refractivity contribution in [1.29, 1.82) is 0 Å². The summed E-state index contributed by atoms with van der Waals surface area (Å²) in [6.07, 6.45) is 9.38. The van der Waals surface area contributed by atoms with Gasteiger partial charge in [-0.15, -0.1) is 0 Å². The summed E-state index contributed by atoms with van der Waals surface area (Å²) in [4.78, 5) is 12.0. The summed E-state index contributed by atoms with van der Waals surface area (Å²) in [7, 11) is 0. The van der Waals surface area contributed by atoms with E-state index in [0.29, 0.717) is 18.2 Å². The van der Waals surface area contributed by atoms with Crippen LogP contribution in [0.1, 0.15) is 31.2 Å². The molecule has 1 saturated carbocycles. The number of nitrogens with one attached hydrogen (secondary N) is 1. The van der Waals surface area contributed by atoms with Crippen LogP contribution in [0, 0.1) is 5.41 Å². The average molecular weight is 348 g/mol. The van der Waals surface area contributed by atoms with Gasteiger partial charge in [-0.2, -0.15) is 0 Å². The lowest BCUT2D eigenvalue weighted by atomic mass is 9.67. The fourth-order valence-corrected chi connectivity index (χ4v) is 3.39. The molecule has 1 fully saturated rings. The first-order valence-electron chi connectivity index (χ1n) is 8.30. The van der Waals surface area contributed by atoms with Crippen molar-refractivity contribution in [3.05, 3.63) is 46.5 Å². The van der Waals surface area contributed by atoms with Crippen LogP contribution in [0.15, 0.2) is 35.9 Å². The fourth-order valence-electron chi connectivity index (χ4n) is 3.21. The maximum Gasteiger partial charge on any atom is 0.244 e. The highest BCUT2D eigenvalue weighted by Gasteiger charge is 2.36. The minimum absolute atomic E-state index is 0.0984. The number of carbonyl (C=O) groups excluding carboxylic acids is 1. The van der Waals surface area contributed by atoms with E-state index in [4.69, 9.17) is 21.4 Å². The maximum absolute atomic E-state index is 12.0. The molecule has 5 heteroatoms. The molecule has 1 amide bonds. The van der Waals surface area contributed by atoms with Crippen molar-refractivity contribution in [2.24, 2.45) is 5.41 Å². The average Bonchev–Trinajstić information content (AvgIpc) is 2.54. The molecule has 0 unspecified atom stereocenters. The Kier molecular flexibility index (Phi) is 5.27. The Morgan fingerprint density at radius 2 is 2.25 bits per heavy atom. The lowest BCUT2D eigenvalue weighted by molar-refractivity contribution is -0.117. The second-order valence-corrected chi connectivity index (χ2v) is 7.00. The normalized spacial score (nSPS) is 18.3. The van der Waals surface area contributed by atoms with Gasteiger partial charge in [0.05, 0.1) is 0 Å². The third-order valence-corrected chi connectivity index (χ3v) is 5.08. The zero-order chi connectivity index (χ0) is 17.0. The molecular formula is C19H22ClNO3. The Hall–Kier alpha value is -1.78. The minimum Gasteiger partial charge on any atom is -0.488 e. The topological polar surface area (TPSA) is 58.6 Å². The van der Waals surface area contributed by atoms with Crippen molar-refractivity contribution >= 4 is 23.6 Å². The number of aliphatic hydroxyl groups excluding tert-OH is 1. The maximum atomic E-state index is 12.0. The predicted molar refractivity (Wildman–Crippen MR) is 95.1 cm³/mol. The van der Waals surface area contributed by atoms with Gasteiger partial charge in [-0.3, -0.25) is 4.79 Å². The highest BCUT2D eigenvalue weighted by Crippen LogP contribution is 2.43. The summed E-state index contributed by atoms with van der Waals surface area (Å²) in [6, 6.07) is 5.49. The highest BCUT2D eigenvalue weighted by molar-refractivity contribution is 6.30. The number of halogens is 1. The van der Waals surface area contributed by atoms with Crippen molar-refractivity contribution in [2.45, 2.75) is 25.7 Å². The minimum atomic E-state index is -0.114. The molecule has 0 atom stereocenters. The number of benzene rings is 1. The highest BCUT2D eigenvalue weighted by atomic mass is 35.5. The molecule has 24 heavy (non-hydrogen) atoms. The largest absolute Gasteiger partial charge is 0.488 e. The van der Waals surface area contributed by atoms with Crippen LogP contribution in [0.2, 0.25) is 5.02 Å². The number of ether oxygens (including phenoxy) is 1. The lowest BCUT2D eigenvalue weighted by Crippen LogP contribution is -2.42. The van der Waals surface area contributed by atoms with Gasteiger partial charge in [-0.05, 0) is 54.5 Å². The van der Waals surface area contributed by atoms with Gasteiger partial charge in [0.15, 0.2) is 0 Å². The van der Waals surface area contributed by atoms with Crippen LogP contribution in [-0.4, -0.2) is 30.8 Å². The van der Waals surface area contributed by atoms with Crippen molar-refractivity contribution in [2.75, 3.05) is 19.8 Å². The van der Waals surface area contributed by atoms with E-state index in [1.54, 1.807) is 12.1 Å². The smallest absolute Gasteiger partial charge is 0.244 e. The summed E-state index contributed by atoms with van der Waals surface area (Å²) in [6.45, 7) is 1.25. The number of rotatable bonds is 6. The van der Waals surface area contributed by atoms with E-state index >= 15 is 0 Å². The number of carbonyl (C=O) groups is 1. The van der Waals surface area contributed by atoms with E-state index in [1.807, 2.05) is 18.2 Å².